The van der Waals surface area contributed by atoms with Crippen molar-refractivity contribution >= 4 is 17.9 Å². The van der Waals surface area contributed by atoms with Crippen LogP contribution >= 0.6 is 0 Å². The van der Waals surface area contributed by atoms with Gasteiger partial charge in [-0.05, 0) is 70.6 Å². The van der Waals surface area contributed by atoms with E-state index in [2.05, 4.69) is 45.1 Å². The first kappa shape index (κ1) is 70.9. The lowest BCUT2D eigenvalue weighted by Crippen LogP contribution is -2.30. The average Bonchev–Trinajstić information content (AvgIpc) is 3.39. The van der Waals surface area contributed by atoms with Crippen LogP contribution in [-0.2, 0) is 28.6 Å². The molecule has 1 unspecified atom stereocenters. The molecular formula is C67H126O6. The molecule has 0 aliphatic rings. The van der Waals surface area contributed by atoms with Gasteiger partial charge in [-0.15, -0.1) is 0 Å². The molecule has 0 heterocycles. The molecule has 0 aromatic rings. The maximum atomic E-state index is 12.9. The van der Waals surface area contributed by atoms with Crippen LogP contribution in [0.4, 0.5) is 0 Å². The Balaban J connectivity index is 4.30. The van der Waals surface area contributed by atoms with E-state index in [4.69, 9.17) is 14.2 Å². The Morgan fingerprint density at radius 1 is 0.260 bits per heavy atom. The van der Waals surface area contributed by atoms with Gasteiger partial charge in [0.25, 0.3) is 0 Å². The van der Waals surface area contributed by atoms with Crippen molar-refractivity contribution in [1.29, 1.82) is 0 Å². The van der Waals surface area contributed by atoms with Gasteiger partial charge in [0.15, 0.2) is 6.10 Å². The summed E-state index contributed by atoms with van der Waals surface area (Å²) in [5, 5.41) is 0. The van der Waals surface area contributed by atoms with Crippen LogP contribution in [0.15, 0.2) is 24.3 Å². The topological polar surface area (TPSA) is 78.9 Å². The Bertz CT molecular complexity index is 1180. The summed E-state index contributed by atoms with van der Waals surface area (Å²) in [5.74, 6) is -0.856. The van der Waals surface area contributed by atoms with E-state index in [1.165, 1.54) is 263 Å². The summed E-state index contributed by atoms with van der Waals surface area (Å²) in [6, 6.07) is 0. The van der Waals surface area contributed by atoms with Gasteiger partial charge in [0.1, 0.15) is 13.2 Å². The molecule has 0 bridgehead atoms. The first-order valence-corrected chi connectivity index (χ1v) is 32.8. The van der Waals surface area contributed by atoms with Crippen molar-refractivity contribution < 1.29 is 28.6 Å². The molecule has 0 N–H and O–H groups in total. The quantitative estimate of drug-likeness (QED) is 0.0261. The highest BCUT2D eigenvalue weighted by Gasteiger charge is 2.19. The van der Waals surface area contributed by atoms with Crippen molar-refractivity contribution in [3.8, 4) is 0 Å². The Hall–Kier alpha value is -2.11. The first-order chi connectivity index (χ1) is 36.0. The van der Waals surface area contributed by atoms with Crippen LogP contribution in [0.25, 0.3) is 0 Å². The molecule has 0 fully saturated rings. The van der Waals surface area contributed by atoms with Crippen molar-refractivity contribution in [2.24, 2.45) is 0 Å². The number of carbonyl (C=O) groups is 3. The molecule has 430 valence electrons. The molecule has 73 heavy (non-hydrogen) atoms. The average molecular weight is 1030 g/mol. The minimum atomic E-state index is -0.774. The molecule has 0 saturated heterocycles. The second-order valence-electron chi connectivity index (χ2n) is 22.4. The van der Waals surface area contributed by atoms with Gasteiger partial charge in [0.2, 0.25) is 0 Å². The minimum absolute atomic E-state index is 0.0705. The van der Waals surface area contributed by atoms with Gasteiger partial charge in [-0.3, -0.25) is 14.4 Å². The second kappa shape index (κ2) is 62.4. The largest absolute Gasteiger partial charge is 0.462 e. The third-order valence-corrected chi connectivity index (χ3v) is 14.9. The van der Waals surface area contributed by atoms with Crippen molar-refractivity contribution in [1.82, 2.24) is 0 Å². The van der Waals surface area contributed by atoms with Crippen LogP contribution in [0.1, 0.15) is 367 Å². The van der Waals surface area contributed by atoms with Crippen LogP contribution in [0.2, 0.25) is 0 Å². The number of ether oxygens (including phenoxy) is 3. The maximum absolute atomic E-state index is 12.9. The maximum Gasteiger partial charge on any atom is 0.306 e. The molecule has 1 atom stereocenters. The summed E-state index contributed by atoms with van der Waals surface area (Å²) in [4.78, 5) is 38.3. The number of rotatable bonds is 61. The number of esters is 3. The molecule has 0 aliphatic carbocycles. The van der Waals surface area contributed by atoms with E-state index in [1.807, 2.05) is 0 Å². The lowest BCUT2D eigenvalue weighted by molar-refractivity contribution is -0.167. The molecule has 6 nitrogen and oxygen atoms in total. The first-order valence-electron chi connectivity index (χ1n) is 32.8. The number of unbranched alkanes of at least 4 members (excludes halogenated alkanes) is 46. The summed E-state index contributed by atoms with van der Waals surface area (Å²) in [6.07, 6.45) is 74.7. The van der Waals surface area contributed by atoms with Crippen LogP contribution in [-0.4, -0.2) is 37.2 Å². The summed E-state index contributed by atoms with van der Waals surface area (Å²) in [5.41, 5.74) is 0. The Morgan fingerprint density at radius 3 is 0.685 bits per heavy atom. The molecule has 0 aliphatic heterocycles. The number of hydrogen-bond acceptors (Lipinski definition) is 6. The van der Waals surface area contributed by atoms with Crippen LogP contribution < -0.4 is 0 Å². The SMILES string of the molecule is CCCCCCCC/C=C\CCCCCCCCCC(=O)OC(COC(=O)CCCCCCC/C=C\CCCCCCCCC)COC(=O)CCCCCCCCCCCCCCCCCCCCCCCC. The van der Waals surface area contributed by atoms with Crippen molar-refractivity contribution in [3.05, 3.63) is 24.3 Å². The molecule has 0 amide bonds. The lowest BCUT2D eigenvalue weighted by Gasteiger charge is -2.18. The predicted octanol–water partition coefficient (Wildman–Crippen LogP) is 22.2. The zero-order chi connectivity index (χ0) is 52.9. The van der Waals surface area contributed by atoms with Crippen molar-refractivity contribution in [3.63, 3.8) is 0 Å². The van der Waals surface area contributed by atoms with Crippen LogP contribution in [0, 0.1) is 0 Å². The zero-order valence-corrected chi connectivity index (χ0v) is 49.4. The number of hydrogen-bond donors (Lipinski definition) is 0. The van der Waals surface area contributed by atoms with E-state index in [9.17, 15) is 14.4 Å². The normalized spacial score (nSPS) is 12.1. The van der Waals surface area contributed by atoms with Crippen molar-refractivity contribution in [2.75, 3.05) is 13.2 Å². The fraction of sp³-hybridized carbons (Fsp3) is 0.896. The van der Waals surface area contributed by atoms with Gasteiger partial charge >= 0.3 is 17.9 Å². The van der Waals surface area contributed by atoms with E-state index >= 15 is 0 Å². The van der Waals surface area contributed by atoms with E-state index in [0.717, 1.165) is 64.2 Å². The summed E-state index contributed by atoms with van der Waals surface area (Å²) in [6.45, 7) is 6.69. The molecule has 0 saturated carbocycles. The molecule has 0 rings (SSSR count). The van der Waals surface area contributed by atoms with E-state index < -0.39 is 6.10 Å². The summed E-state index contributed by atoms with van der Waals surface area (Å²) < 4.78 is 17.0. The number of allylic oxidation sites excluding steroid dienone is 4. The van der Waals surface area contributed by atoms with Crippen LogP contribution in [0.3, 0.4) is 0 Å². The van der Waals surface area contributed by atoms with E-state index in [0.29, 0.717) is 19.3 Å². The Kier molecular flexibility index (Phi) is 60.6. The van der Waals surface area contributed by atoms with Gasteiger partial charge < -0.3 is 14.2 Å². The molecule has 0 aromatic heterocycles. The highest BCUT2D eigenvalue weighted by molar-refractivity contribution is 5.71. The second-order valence-corrected chi connectivity index (χ2v) is 22.4. The predicted molar refractivity (Wildman–Crippen MR) is 316 cm³/mol. The van der Waals surface area contributed by atoms with Crippen LogP contribution in [0.5, 0.6) is 0 Å². The lowest BCUT2D eigenvalue weighted by atomic mass is 10.0. The van der Waals surface area contributed by atoms with Crippen molar-refractivity contribution in [2.45, 2.75) is 374 Å². The molecule has 0 aromatic carbocycles. The Labute approximate surface area is 455 Å². The van der Waals surface area contributed by atoms with Gasteiger partial charge in [-0.25, -0.2) is 0 Å². The molecule has 0 radical (unpaired) electrons. The molecule has 0 spiro atoms. The molecular weight excluding hydrogens is 901 g/mol. The minimum Gasteiger partial charge on any atom is -0.462 e. The number of carbonyl (C=O) groups excluding carboxylic acids is 3. The van der Waals surface area contributed by atoms with Gasteiger partial charge in [-0.1, -0.05) is 302 Å². The van der Waals surface area contributed by atoms with Gasteiger partial charge in [-0.2, -0.15) is 0 Å². The van der Waals surface area contributed by atoms with E-state index in [-0.39, 0.29) is 31.1 Å². The third-order valence-electron chi connectivity index (χ3n) is 14.9. The summed E-state index contributed by atoms with van der Waals surface area (Å²) in [7, 11) is 0. The third kappa shape index (κ3) is 60.6. The standard InChI is InChI=1S/C67H126O6/c1-4-7-10-13-16-19-22-25-28-31-32-33-34-35-37-39-42-45-48-51-54-57-60-66(69)72-63-64(62-71-65(68)59-56-53-50-47-44-41-38-30-27-24-21-18-15-12-9-6-3)73-67(70)61-58-55-52-49-46-43-40-36-29-26-23-20-17-14-11-8-5-2/h26,29-30,38,64H,4-25,27-28,31-37,39-63H2,1-3H3/b29-26-,38-30-. The molecule has 6 heteroatoms. The Morgan fingerprint density at radius 2 is 0.452 bits per heavy atom. The van der Waals surface area contributed by atoms with Gasteiger partial charge in [0.05, 0.1) is 0 Å². The van der Waals surface area contributed by atoms with Gasteiger partial charge in [0, 0.05) is 19.3 Å². The fourth-order valence-corrected chi connectivity index (χ4v) is 9.97. The highest BCUT2D eigenvalue weighted by atomic mass is 16.6. The van der Waals surface area contributed by atoms with E-state index in [1.54, 1.807) is 0 Å². The summed E-state index contributed by atoms with van der Waals surface area (Å²) >= 11 is 0. The zero-order valence-electron chi connectivity index (χ0n) is 49.4. The highest BCUT2D eigenvalue weighted by Crippen LogP contribution is 2.18. The fourth-order valence-electron chi connectivity index (χ4n) is 9.97. The smallest absolute Gasteiger partial charge is 0.306 e. The monoisotopic (exact) mass is 1030 g/mol.